The fourth-order valence-corrected chi connectivity index (χ4v) is 0.253. The molecule has 0 saturated heterocycles. The molecule has 0 bridgehead atoms. The van der Waals surface area contributed by atoms with Gasteiger partial charge in [0.15, 0.2) is 0 Å². The van der Waals surface area contributed by atoms with Crippen molar-refractivity contribution in [1.82, 2.24) is 9.97 Å². The van der Waals surface area contributed by atoms with E-state index in [0.717, 1.165) is 0 Å². The molecule has 8 heavy (non-hydrogen) atoms. The molecule has 0 fully saturated rings. The molecule has 32 valence electrons. The average molecular weight is 158 g/mol. The van der Waals surface area contributed by atoms with Crippen molar-refractivity contribution >= 4 is 103 Å². The first-order valence-electron chi connectivity index (χ1n) is 1.70. The molecule has 2 nitrogen and oxygen atoms in total. The van der Waals surface area contributed by atoms with Crippen LogP contribution in [0.1, 0.15) is 0 Å². The van der Waals surface area contributed by atoms with E-state index in [9.17, 15) is 0 Å². The van der Waals surface area contributed by atoms with Crippen LogP contribution >= 0.6 is 0 Å². The van der Waals surface area contributed by atoms with Gasteiger partial charge in [0.2, 0.25) is 0 Å². The summed E-state index contributed by atoms with van der Waals surface area (Å²) in [6.07, 6.45) is 4.88. The Morgan fingerprint density at radius 1 is 0.875 bits per heavy atom. The summed E-state index contributed by atoms with van der Waals surface area (Å²) < 4.78 is 0. The Morgan fingerprint density at radius 3 is 1.50 bits per heavy atom. The van der Waals surface area contributed by atoms with Gasteiger partial charge in [-0.05, 0) is 6.07 Å². The number of hydrogen-bond donors (Lipinski definition) is 0. The molecule has 0 aliphatic rings. The minimum absolute atomic E-state index is 0. The van der Waals surface area contributed by atoms with Crippen molar-refractivity contribution < 1.29 is 0 Å². The maximum absolute atomic E-state index is 3.67. The molecule has 0 saturated carbocycles. The molecule has 1 rings (SSSR count). The molecule has 0 atom stereocenters. The second kappa shape index (κ2) is 9.35. The first kappa shape index (κ1) is 13.0. The maximum Gasteiger partial charge on any atom is 0.115 e. The molecule has 0 aliphatic carbocycles. The third-order valence-corrected chi connectivity index (χ3v) is 0.478. The van der Waals surface area contributed by atoms with E-state index in [4.69, 9.17) is 0 Å². The van der Waals surface area contributed by atoms with Crippen molar-refractivity contribution in [2.24, 2.45) is 0 Å². The van der Waals surface area contributed by atoms with E-state index in [2.05, 4.69) is 9.97 Å². The molecule has 0 aromatic carbocycles. The van der Waals surface area contributed by atoms with Crippen LogP contribution in [0.15, 0.2) is 24.8 Å². The van der Waals surface area contributed by atoms with Gasteiger partial charge in [0.25, 0.3) is 0 Å². The number of aromatic nitrogens is 2. The predicted molar refractivity (Wildman–Crippen MR) is 33.5 cm³/mol. The fourth-order valence-electron chi connectivity index (χ4n) is 0.253. The summed E-state index contributed by atoms with van der Waals surface area (Å²) >= 11 is 0. The van der Waals surface area contributed by atoms with Crippen LogP contribution < -0.4 is 0 Å². The Labute approximate surface area is 134 Å². The number of rotatable bonds is 0. The Balaban J connectivity index is 0. The van der Waals surface area contributed by atoms with E-state index >= 15 is 0 Å². The number of nitrogens with zero attached hydrogens (tertiary/aromatic N) is 2. The zero-order valence-corrected chi connectivity index (χ0v) is 11.5. The summed E-state index contributed by atoms with van der Waals surface area (Å²) in [5.41, 5.74) is 0. The normalized spacial score (nSPS) is 6.00. The number of hydrogen-bond acceptors (Lipinski definition) is 2. The van der Waals surface area contributed by atoms with Crippen LogP contribution in [-0.4, -0.2) is 113 Å². The van der Waals surface area contributed by atoms with Gasteiger partial charge in [-0.3, -0.25) is 0 Å². The van der Waals surface area contributed by atoms with E-state index in [1.165, 1.54) is 6.33 Å². The smallest absolute Gasteiger partial charge is 0.115 e. The molecular weight excluding hydrogens is 154 g/mol. The second-order valence-corrected chi connectivity index (χ2v) is 0.904. The van der Waals surface area contributed by atoms with Crippen LogP contribution in [0.2, 0.25) is 0 Å². The van der Waals surface area contributed by atoms with Crippen LogP contribution in [0.3, 0.4) is 0 Å². The molecule has 1 aromatic rings. The Kier molecular flexibility index (Phi) is 15.2. The van der Waals surface area contributed by atoms with Crippen molar-refractivity contribution in [2.75, 3.05) is 0 Å². The average Bonchev–Trinajstić information content (AvgIpc) is 1.72. The zero-order chi connectivity index (χ0) is 4.24. The van der Waals surface area contributed by atoms with Gasteiger partial charge >= 0.3 is 0 Å². The molecule has 2 radical (unpaired) electrons. The van der Waals surface area contributed by atoms with E-state index < -0.39 is 0 Å². The largest absolute Gasteiger partial charge is 0.245 e. The third kappa shape index (κ3) is 6.47. The molecule has 1 heterocycles. The Hall–Kier alpha value is 2.35. The minimum atomic E-state index is 0. The summed E-state index contributed by atoms with van der Waals surface area (Å²) in [5.74, 6) is 0. The van der Waals surface area contributed by atoms with E-state index in [0.29, 0.717) is 0 Å². The van der Waals surface area contributed by atoms with Gasteiger partial charge < -0.3 is 0 Å². The molecule has 0 aliphatic heterocycles. The van der Waals surface area contributed by atoms with Gasteiger partial charge in [0.05, 0.1) is 0 Å². The summed E-state index contributed by atoms with van der Waals surface area (Å²) in [4.78, 5) is 7.35. The molecule has 0 amide bonds. The van der Waals surface area contributed by atoms with Crippen LogP contribution in [0.5, 0.6) is 0 Å². The summed E-state index contributed by atoms with van der Waals surface area (Å²) in [6, 6.07) is 1.78. The molecule has 1 aromatic heterocycles. The quantitative estimate of drug-likeness (QED) is 0.485. The van der Waals surface area contributed by atoms with Gasteiger partial charge in [0, 0.05) is 115 Å². The molecule has 0 unspecified atom stereocenters. The maximum atomic E-state index is 3.67. The van der Waals surface area contributed by atoms with E-state index in [1.54, 1.807) is 18.5 Å². The fraction of sp³-hybridized carbons (Fsp3) is 0. The Morgan fingerprint density at radius 2 is 1.38 bits per heavy atom. The van der Waals surface area contributed by atoms with Gasteiger partial charge in [-0.1, -0.05) is 0 Å². The predicted octanol–water partition coefficient (Wildman–Crippen LogP) is -0.285. The van der Waals surface area contributed by atoms with Crippen molar-refractivity contribution in [1.29, 1.82) is 0 Å². The summed E-state index contributed by atoms with van der Waals surface area (Å²) in [6.45, 7) is 0. The topological polar surface area (TPSA) is 25.8 Å². The van der Waals surface area contributed by atoms with Crippen LogP contribution in [0.25, 0.3) is 0 Å². The summed E-state index contributed by atoms with van der Waals surface area (Å²) in [7, 11) is 0. The van der Waals surface area contributed by atoms with Gasteiger partial charge in [0.1, 0.15) is 6.33 Å². The third-order valence-electron chi connectivity index (χ3n) is 0.478. The van der Waals surface area contributed by atoms with Gasteiger partial charge in [-0.2, -0.15) is 0 Å². The second-order valence-electron chi connectivity index (χ2n) is 0.904. The van der Waals surface area contributed by atoms with Crippen molar-refractivity contribution in [3.8, 4) is 0 Å². The van der Waals surface area contributed by atoms with Gasteiger partial charge in [-0.25, -0.2) is 9.97 Å². The SMILES string of the molecule is [K].[K].c1cncnc1. The molecular formula is C4H4K2N2. The van der Waals surface area contributed by atoms with Crippen LogP contribution in [-0.2, 0) is 0 Å². The molecule has 0 spiro atoms. The first-order chi connectivity index (χ1) is 3.00. The van der Waals surface area contributed by atoms with Crippen LogP contribution in [0.4, 0.5) is 0 Å². The van der Waals surface area contributed by atoms with E-state index in [1.807, 2.05) is 0 Å². The monoisotopic (exact) mass is 158 g/mol. The van der Waals surface area contributed by atoms with Crippen LogP contribution in [0, 0.1) is 0 Å². The zero-order valence-electron chi connectivity index (χ0n) is 5.20. The molecule has 4 heteroatoms. The summed E-state index contributed by atoms with van der Waals surface area (Å²) in [5, 5.41) is 0. The first-order valence-corrected chi connectivity index (χ1v) is 1.70. The molecule has 0 N–H and O–H groups in total. The van der Waals surface area contributed by atoms with Crippen molar-refractivity contribution in [3.63, 3.8) is 0 Å². The van der Waals surface area contributed by atoms with Crippen molar-refractivity contribution in [2.45, 2.75) is 0 Å². The van der Waals surface area contributed by atoms with E-state index in [-0.39, 0.29) is 103 Å². The van der Waals surface area contributed by atoms with Gasteiger partial charge in [-0.15, -0.1) is 0 Å². The Bertz CT molecular complexity index is 84.0. The minimum Gasteiger partial charge on any atom is -0.245 e. The van der Waals surface area contributed by atoms with Crippen molar-refractivity contribution in [3.05, 3.63) is 24.8 Å². The standard InChI is InChI=1S/C4H4N2.2K/c1-2-5-4-6-3-1;;/h1-4H;;.